The number of hydrogen-bond donors (Lipinski definition) is 1. The van der Waals surface area contributed by atoms with Gasteiger partial charge in [0, 0.05) is 20.0 Å². The number of carbonyl (C=O) groups excluding carboxylic acids is 1. The Bertz CT molecular complexity index is 646. The van der Waals surface area contributed by atoms with Crippen LogP contribution >= 0.6 is 0 Å². The lowest BCUT2D eigenvalue weighted by atomic mass is 10.1. The fraction of sp³-hybridized carbons (Fsp3) is 0.267. The molecule has 0 saturated carbocycles. The molecule has 0 aliphatic rings. The van der Waals surface area contributed by atoms with E-state index in [1.807, 2.05) is 6.92 Å². The van der Waals surface area contributed by atoms with E-state index in [-0.39, 0.29) is 11.5 Å². The Morgan fingerprint density at radius 3 is 2.52 bits per heavy atom. The third-order valence-electron chi connectivity index (χ3n) is 3.13. The molecule has 0 aliphatic heterocycles. The molecule has 0 fully saturated rings. The zero-order valence-electron chi connectivity index (χ0n) is 11.9. The summed E-state index contributed by atoms with van der Waals surface area (Å²) in [6.45, 7) is 2.26. The summed E-state index contributed by atoms with van der Waals surface area (Å²) in [5, 5.41) is 8.85. The average Bonchev–Trinajstić information content (AvgIpc) is 2.95. The number of aryl methyl sites for hydroxylation is 1. The minimum Gasteiger partial charge on any atom is -0.478 e. The number of aromatic nitrogens is 1. The molecule has 0 unspecified atom stereocenters. The lowest BCUT2D eigenvalue weighted by Crippen LogP contribution is -2.27. The molecule has 0 radical (unpaired) electrons. The number of carbonyl (C=O) groups is 2. The Morgan fingerprint density at radius 1 is 1.29 bits per heavy atom. The van der Waals surface area contributed by atoms with E-state index in [1.165, 1.54) is 23.4 Å². The summed E-state index contributed by atoms with van der Waals surface area (Å²) in [6.07, 6.45) is 1.86. The highest BCUT2D eigenvalue weighted by Gasteiger charge is 2.19. The van der Waals surface area contributed by atoms with E-state index in [2.05, 4.69) is 4.98 Å². The van der Waals surface area contributed by atoms with Crippen LogP contribution in [0.5, 0.6) is 0 Å². The van der Waals surface area contributed by atoms with Crippen molar-refractivity contribution in [3.63, 3.8) is 0 Å². The topological polar surface area (TPSA) is 83.6 Å². The van der Waals surface area contributed by atoms with Crippen LogP contribution in [-0.2, 0) is 13.0 Å². The van der Waals surface area contributed by atoms with Crippen molar-refractivity contribution in [2.75, 3.05) is 7.05 Å². The van der Waals surface area contributed by atoms with E-state index < -0.39 is 5.97 Å². The van der Waals surface area contributed by atoms with Crippen LogP contribution in [0.4, 0.5) is 0 Å². The van der Waals surface area contributed by atoms with E-state index in [9.17, 15) is 9.59 Å². The summed E-state index contributed by atoms with van der Waals surface area (Å²) in [4.78, 5) is 28.5. The van der Waals surface area contributed by atoms with Crippen LogP contribution in [0.15, 0.2) is 35.1 Å². The molecule has 1 amide bonds. The highest BCUT2D eigenvalue weighted by molar-refractivity contribution is 5.93. The standard InChI is InChI=1S/C15H16N2O4/c1-3-12-13(16-9-21-12)14(18)17(2)8-10-4-6-11(7-5-10)15(19)20/h4-7,9H,3,8H2,1-2H3,(H,19,20). The molecule has 2 aromatic rings. The van der Waals surface area contributed by atoms with Crippen LogP contribution in [0.3, 0.4) is 0 Å². The van der Waals surface area contributed by atoms with E-state index in [0.717, 1.165) is 5.56 Å². The Hall–Kier alpha value is -2.63. The lowest BCUT2D eigenvalue weighted by molar-refractivity contribution is 0.0695. The van der Waals surface area contributed by atoms with E-state index in [4.69, 9.17) is 9.52 Å². The first kappa shape index (κ1) is 14.8. The molecule has 0 bridgehead atoms. The third kappa shape index (κ3) is 3.28. The first-order chi connectivity index (χ1) is 10.0. The summed E-state index contributed by atoms with van der Waals surface area (Å²) in [6, 6.07) is 6.42. The van der Waals surface area contributed by atoms with Crippen LogP contribution in [0.2, 0.25) is 0 Å². The van der Waals surface area contributed by atoms with Gasteiger partial charge in [0.15, 0.2) is 12.1 Å². The lowest BCUT2D eigenvalue weighted by Gasteiger charge is -2.16. The summed E-state index contributed by atoms with van der Waals surface area (Å²) in [7, 11) is 1.67. The predicted octanol–water partition coefficient (Wildman–Crippen LogP) is 2.21. The van der Waals surface area contributed by atoms with Crippen molar-refractivity contribution in [3.05, 3.63) is 53.2 Å². The molecule has 110 valence electrons. The molecule has 0 saturated heterocycles. The van der Waals surface area contributed by atoms with Crippen molar-refractivity contribution >= 4 is 11.9 Å². The van der Waals surface area contributed by atoms with Gasteiger partial charge >= 0.3 is 5.97 Å². The van der Waals surface area contributed by atoms with Crippen molar-refractivity contribution in [3.8, 4) is 0 Å². The van der Waals surface area contributed by atoms with Crippen LogP contribution < -0.4 is 0 Å². The van der Waals surface area contributed by atoms with Gasteiger partial charge in [0.1, 0.15) is 5.76 Å². The van der Waals surface area contributed by atoms with Crippen LogP contribution in [0.25, 0.3) is 0 Å². The number of hydrogen-bond acceptors (Lipinski definition) is 4. The van der Waals surface area contributed by atoms with Crippen molar-refractivity contribution in [2.24, 2.45) is 0 Å². The summed E-state index contributed by atoms with van der Waals surface area (Å²) < 4.78 is 5.15. The fourth-order valence-electron chi connectivity index (χ4n) is 1.97. The minimum atomic E-state index is -0.971. The first-order valence-electron chi connectivity index (χ1n) is 6.53. The van der Waals surface area contributed by atoms with Gasteiger partial charge in [-0.2, -0.15) is 0 Å². The van der Waals surface area contributed by atoms with Crippen LogP contribution in [-0.4, -0.2) is 33.9 Å². The van der Waals surface area contributed by atoms with Gasteiger partial charge in [-0.25, -0.2) is 9.78 Å². The Labute approximate surface area is 122 Å². The molecule has 6 heteroatoms. The smallest absolute Gasteiger partial charge is 0.335 e. The van der Waals surface area contributed by atoms with Gasteiger partial charge in [-0.1, -0.05) is 19.1 Å². The van der Waals surface area contributed by atoms with Gasteiger partial charge in [-0.15, -0.1) is 0 Å². The number of amides is 1. The van der Waals surface area contributed by atoms with Gasteiger partial charge in [-0.05, 0) is 17.7 Å². The summed E-state index contributed by atoms with van der Waals surface area (Å²) in [5.74, 6) is -0.628. The summed E-state index contributed by atoms with van der Waals surface area (Å²) in [5.41, 5.74) is 1.39. The van der Waals surface area contributed by atoms with Gasteiger partial charge in [0.2, 0.25) is 0 Å². The molecule has 6 nitrogen and oxygen atoms in total. The van der Waals surface area contributed by atoms with Crippen molar-refractivity contribution in [2.45, 2.75) is 19.9 Å². The van der Waals surface area contributed by atoms with Gasteiger partial charge < -0.3 is 14.4 Å². The normalized spacial score (nSPS) is 10.4. The van der Waals surface area contributed by atoms with Gasteiger partial charge in [-0.3, -0.25) is 4.79 Å². The first-order valence-corrected chi connectivity index (χ1v) is 6.53. The van der Waals surface area contributed by atoms with E-state index >= 15 is 0 Å². The number of carboxylic acid groups (broad SMARTS) is 1. The quantitative estimate of drug-likeness (QED) is 0.911. The zero-order valence-corrected chi connectivity index (χ0v) is 11.9. The SMILES string of the molecule is CCc1ocnc1C(=O)N(C)Cc1ccc(C(=O)O)cc1. The second-order valence-corrected chi connectivity index (χ2v) is 4.64. The van der Waals surface area contributed by atoms with Crippen LogP contribution in [0.1, 0.15) is 39.1 Å². The maximum absolute atomic E-state index is 12.3. The zero-order chi connectivity index (χ0) is 15.4. The number of nitrogens with zero attached hydrogens (tertiary/aromatic N) is 2. The molecule has 1 aromatic carbocycles. The maximum Gasteiger partial charge on any atom is 0.335 e. The van der Waals surface area contributed by atoms with Crippen molar-refractivity contribution in [1.29, 1.82) is 0 Å². The average molecular weight is 288 g/mol. The number of rotatable bonds is 5. The van der Waals surface area contributed by atoms with Crippen molar-refractivity contribution < 1.29 is 19.1 Å². The molecule has 21 heavy (non-hydrogen) atoms. The molecule has 2 rings (SSSR count). The number of carboxylic acids is 1. The monoisotopic (exact) mass is 288 g/mol. The molecular formula is C15H16N2O4. The predicted molar refractivity (Wildman–Crippen MR) is 75.1 cm³/mol. The van der Waals surface area contributed by atoms with Gasteiger partial charge in [0.05, 0.1) is 5.56 Å². The van der Waals surface area contributed by atoms with Gasteiger partial charge in [0.25, 0.3) is 5.91 Å². The number of oxazole rings is 1. The second-order valence-electron chi connectivity index (χ2n) is 4.64. The largest absolute Gasteiger partial charge is 0.478 e. The Morgan fingerprint density at radius 2 is 1.95 bits per heavy atom. The summed E-state index contributed by atoms with van der Waals surface area (Å²) >= 11 is 0. The Kier molecular flexibility index (Phi) is 4.37. The molecule has 1 N–H and O–H groups in total. The van der Waals surface area contributed by atoms with E-state index in [0.29, 0.717) is 24.4 Å². The second kappa shape index (κ2) is 6.21. The highest BCUT2D eigenvalue weighted by atomic mass is 16.4. The molecule has 0 atom stereocenters. The molecule has 0 aliphatic carbocycles. The molecule has 1 heterocycles. The molecular weight excluding hydrogens is 272 g/mol. The van der Waals surface area contributed by atoms with Crippen molar-refractivity contribution in [1.82, 2.24) is 9.88 Å². The van der Waals surface area contributed by atoms with Crippen LogP contribution in [0, 0.1) is 0 Å². The molecule has 0 spiro atoms. The third-order valence-corrected chi connectivity index (χ3v) is 3.13. The maximum atomic E-state index is 12.3. The fourth-order valence-corrected chi connectivity index (χ4v) is 1.97. The van der Waals surface area contributed by atoms with E-state index in [1.54, 1.807) is 19.2 Å². The molecule has 1 aromatic heterocycles. The minimum absolute atomic E-state index is 0.220. The highest BCUT2D eigenvalue weighted by Crippen LogP contribution is 2.13. The Balaban J connectivity index is 2.08. The number of benzene rings is 1. The number of aromatic carboxylic acids is 1.